The predicted molar refractivity (Wildman–Crippen MR) is 72.9 cm³/mol. The van der Waals surface area contributed by atoms with Crippen molar-refractivity contribution in [3.8, 4) is 0 Å². The van der Waals surface area contributed by atoms with Crippen LogP contribution >= 0.6 is 0 Å². The fourth-order valence-corrected chi connectivity index (χ4v) is 1.87. The summed E-state index contributed by atoms with van der Waals surface area (Å²) in [5.74, 6) is 0.163. The topological polar surface area (TPSA) is 84.2 Å². The summed E-state index contributed by atoms with van der Waals surface area (Å²) in [6.07, 6.45) is 2.17. The maximum absolute atomic E-state index is 11.6. The minimum absolute atomic E-state index is 0.0480. The Bertz CT molecular complexity index is 272. The Kier molecular flexibility index (Phi) is 7.59. The highest BCUT2D eigenvalue weighted by Crippen LogP contribution is 2.31. The number of carbonyl (C=O) groups excluding carboxylic acids is 2. The smallest absolute Gasteiger partial charge is 0.239 e. The van der Waals surface area contributed by atoms with E-state index in [2.05, 4.69) is 31.4 Å². The first-order valence-electron chi connectivity index (χ1n) is 6.48. The number of hydrogen-bond donors (Lipinski definition) is 3. The van der Waals surface area contributed by atoms with Gasteiger partial charge in [-0.05, 0) is 30.7 Å². The molecule has 1 atom stereocenters. The summed E-state index contributed by atoms with van der Waals surface area (Å²) in [7, 11) is 1.55. The Morgan fingerprint density at radius 1 is 1.17 bits per heavy atom. The van der Waals surface area contributed by atoms with E-state index in [1.807, 2.05) is 0 Å². The van der Waals surface area contributed by atoms with Crippen molar-refractivity contribution in [3.63, 3.8) is 0 Å². The molecule has 0 saturated heterocycles. The third-order valence-corrected chi connectivity index (χ3v) is 3.18. The number of hydrogen-bond acceptors (Lipinski definition) is 3. The summed E-state index contributed by atoms with van der Waals surface area (Å²) in [4.78, 5) is 22.6. The highest BCUT2D eigenvalue weighted by atomic mass is 16.2. The van der Waals surface area contributed by atoms with Crippen LogP contribution in [0.1, 0.15) is 40.0 Å². The van der Waals surface area contributed by atoms with Crippen LogP contribution in [-0.2, 0) is 9.59 Å². The molecule has 5 heteroatoms. The molecule has 0 bridgehead atoms. The predicted octanol–water partition coefficient (Wildman–Crippen LogP) is 0.640. The van der Waals surface area contributed by atoms with Crippen LogP contribution in [0, 0.1) is 11.3 Å². The normalized spacial score (nSPS) is 12.9. The number of likely N-dealkylation sites (N-methyl/N-ethyl adjacent to an activating group) is 1. The second kappa shape index (κ2) is 8.08. The van der Waals surface area contributed by atoms with E-state index in [1.165, 1.54) is 0 Å². The molecule has 0 aromatic rings. The molecule has 4 N–H and O–H groups in total. The number of nitrogens with two attached hydrogens (primary N) is 1. The lowest BCUT2D eigenvalue weighted by Crippen LogP contribution is -2.35. The van der Waals surface area contributed by atoms with Gasteiger partial charge in [0.25, 0.3) is 0 Å². The summed E-state index contributed by atoms with van der Waals surface area (Å²) >= 11 is 0. The molecule has 2 amide bonds. The summed E-state index contributed by atoms with van der Waals surface area (Å²) < 4.78 is 0. The first-order chi connectivity index (χ1) is 8.31. The Hall–Kier alpha value is -1.10. The van der Waals surface area contributed by atoms with Crippen LogP contribution in [0.25, 0.3) is 0 Å². The van der Waals surface area contributed by atoms with Crippen molar-refractivity contribution < 1.29 is 9.59 Å². The van der Waals surface area contributed by atoms with E-state index in [9.17, 15) is 9.59 Å². The van der Waals surface area contributed by atoms with Crippen molar-refractivity contribution >= 4 is 11.8 Å². The monoisotopic (exact) mass is 257 g/mol. The Morgan fingerprint density at radius 3 is 2.22 bits per heavy atom. The molecule has 0 fully saturated rings. The average Bonchev–Trinajstić information content (AvgIpc) is 2.29. The van der Waals surface area contributed by atoms with Crippen LogP contribution in [-0.4, -0.2) is 32.0 Å². The van der Waals surface area contributed by atoms with Gasteiger partial charge in [-0.2, -0.15) is 0 Å². The molecule has 0 aromatic heterocycles. The molecule has 18 heavy (non-hydrogen) atoms. The molecule has 0 heterocycles. The zero-order chi connectivity index (χ0) is 14.2. The Balaban J connectivity index is 4.04. The highest BCUT2D eigenvalue weighted by Gasteiger charge is 2.24. The van der Waals surface area contributed by atoms with E-state index in [0.717, 1.165) is 12.8 Å². The molecular formula is C13H27N3O2. The lowest BCUT2D eigenvalue weighted by atomic mass is 9.76. The number of carbonyl (C=O) groups is 2. The second-order valence-electron chi connectivity index (χ2n) is 5.63. The molecule has 0 aliphatic rings. The molecule has 106 valence electrons. The minimum atomic E-state index is -0.183. The van der Waals surface area contributed by atoms with E-state index < -0.39 is 0 Å². The molecule has 0 aliphatic heterocycles. The molecule has 0 aliphatic carbocycles. The maximum Gasteiger partial charge on any atom is 0.239 e. The molecule has 0 aromatic carbocycles. The van der Waals surface area contributed by atoms with Gasteiger partial charge in [-0.3, -0.25) is 9.59 Å². The zero-order valence-electron chi connectivity index (χ0n) is 12.0. The maximum atomic E-state index is 11.6. The molecule has 0 saturated carbocycles. The number of rotatable bonds is 7. The van der Waals surface area contributed by atoms with Gasteiger partial charge in [0.05, 0.1) is 6.54 Å². The molecule has 1 unspecified atom stereocenters. The van der Waals surface area contributed by atoms with Crippen LogP contribution in [0.3, 0.4) is 0 Å². The first kappa shape index (κ1) is 16.9. The van der Waals surface area contributed by atoms with Crippen LogP contribution in [0.4, 0.5) is 0 Å². The second-order valence-corrected chi connectivity index (χ2v) is 5.63. The summed E-state index contributed by atoms with van der Waals surface area (Å²) in [6, 6.07) is 0. The lowest BCUT2D eigenvalue weighted by Gasteiger charge is -2.30. The van der Waals surface area contributed by atoms with Crippen molar-refractivity contribution in [2.75, 3.05) is 20.1 Å². The summed E-state index contributed by atoms with van der Waals surface area (Å²) in [6.45, 7) is 7.18. The summed E-state index contributed by atoms with van der Waals surface area (Å²) in [5, 5.41) is 5.06. The van der Waals surface area contributed by atoms with Crippen molar-refractivity contribution in [1.29, 1.82) is 0 Å². The van der Waals surface area contributed by atoms with Crippen LogP contribution in [0.2, 0.25) is 0 Å². The van der Waals surface area contributed by atoms with Gasteiger partial charge in [-0.1, -0.05) is 20.8 Å². The van der Waals surface area contributed by atoms with Crippen molar-refractivity contribution in [2.24, 2.45) is 17.1 Å². The molecular weight excluding hydrogens is 230 g/mol. The summed E-state index contributed by atoms with van der Waals surface area (Å²) in [5.41, 5.74) is 5.75. The standard InChI is InChI=1S/C13H27N3O2/c1-13(2,3)10(7-8-14)5-6-11(17)16-9-12(18)15-4/h10H,5-9,14H2,1-4H3,(H,15,18)(H,16,17). The SMILES string of the molecule is CNC(=O)CNC(=O)CCC(CCN)C(C)(C)C. The van der Waals surface area contributed by atoms with Crippen molar-refractivity contribution in [3.05, 3.63) is 0 Å². The van der Waals surface area contributed by atoms with Gasteiger partial charge in [-0.25, -0.2) is 0 Å². The first-order valence-corrected chi connectivity index (χ1v) is 6.48. The highest BCUT2D eigenvalue weighted by molar-refractivity contribution is 5.84. The van der Waals surface area contributed by atoms with E-state index >= 15 is 0 Å². The molecule has 0 rings (SSSR count). The largest absolute Gasteiger partial charge is 0.358 e. The Labute approximate surface area is 110 Å². The van der Waals surface area contributed by atoms with E-state index in [0.29, 0.717) is 18.9 Å². The number of amides is 2. The van der Waals surface area contributed by atoms with Gasteiger partial charge < -0.3 is 16.4 Å². The van der Waals surface area contributed by atoms with Gasteiger partial charge >= 0.3 is 0 Å². The van der Waals surface area contributed by atoms with Gasteiger partial charge in [-0.15, -0.1) is 0 Å². The van der Waals surface area contributed by atoms with E-state index in [-0.39, 0.29) is 23.8 Å². The van der Waals surface area contributed by atoms with Crippen LogP contribution in [0.15, 0.2) is 0 Å². The van der Waals surface area contributed by atoms with Gasteiger partial charge in [0.2, 0.25) is 11.8 Å². The third-order valence-electron chi connectivity index (χ3n) is 3.18. The zero-order valence-corrected chi connectivity index (χ0v) is 12.0. The third kappa shape index (κ3) is 7.27. The van der Waals surface area contributed by atoms with Gasteiger partial charge in [0.1, 0.15) is 0 Å². The van der Waals surface area contributed by atoms with Gasteiger partial charge in [0.15, 0.2) is 0 Å². The quantitative estimate of drug-likeness (QED) is 0.626. The minimum Gasteiger partial charge on any atom is -0.358 e. The van der Waals surface area contributed by atoms with Crippen LogP contribution in [0.5, 0.6) is 0 Å². The molecule has 5 nitrogen and oxygen atoms in total. The van der Waals surface area contributed by atoms with Gasteiger partial charge in [0, 0.05) is 13.5 Å². The van der Waals surface area contributed by atoms with E-state index in [1.54, 1.807) is 7.05 Å². The fraction of sp³-hybridized carbons (Fsp3) is 0.846. The fourth-order valence-electron chi connectivity index (χ4n) is 1.87. The lowest BCUT2D eigenvalue weighted by molar-refractivity contribution is -0.126. The van der Waals surface area contributed by atoms with Crippen molar-refractivity contribution in [1.82, 2.24) is 10.6 Å². The number of nitrogens with one attached hydrogen (secondary N) is 2. The van der Waals surface area contributed by atoms with E-state index in [4.69, 9.17) is 5.73 Å². The Morgan fingerprint density at radius 2 is 1.78 bits per heavy atom. The molecule has 0 radical (unpaired) electrons. The van der Waals surface area contributed by atoms with Crippen LogP contribution < -0.4 is 16.4 Å². The average molecular weight is 257 g/mol. The molecule has 0 spiro atoms. The van der Waals surface area contributed by atoms with Crippen molar-refractivity contribution in [2.45, 2.75) is 40.0 Å².